The maximum atomic E-state index is 5.53. The Kier molecular flexibility index (Phi) is 5.01. The standard InChI is InChI=1S/C16H20N2OS/c1-11-6-5-8-17-14(11)12(2)10-13-7-9-18-16(20-4)15(13)19-3/h5-9,12H,10H2,1-4H3. The first-order valence-electron chi connectivity index (χ1n) is 6.64. The van der Waals surface area contributed by atoms with Gasteiger partial charge >= 0.3 is 0 Å². The van der Waals surface area contributed by atoms with Crippen molar-refractivity contribution in [3.63, 3.8) is 0 Å². The van der Waals surface area contributed by atoms with E-state index in [4.69, 9.17) is 4.74 Å². The summed E-state index contributed by atoms with van der Waals surface area (Å²) in [5.74, 6) is 1.24. The van der Waals surface area contributed by atoms with Crippen LogP contribution in [0, 0.1) is 6.92 Å². The van der Waals surface area contributed by atoms with Gasteiger partial charge in [0.25, 0.3) is 0 Å². The fraction of sp³-hybridized carbons (Fsp3) is 0.375. The van der Waals surface area contributed by atoms with Gasteiger partial charge in [-0.1, -0.05) is 13.0 Å². The Balaban J connectivity index is 2.28. The smallest absolute Gasteiger partial charge is 0.154 e. The summed E-state index contributed by atoms with van der Waals surface area (Å²) in [5.41, 5.74) is 3.57. The second-order valence-electron chi connectivity index (χ2n) is 4.82. The van der Waals surface area contributed by atoms with E-state index < -0.39 is 0 Å². The number of hydrogen-bond donors (Lipinski definition) is 0. The summed E-state index contributed by atoms with van der Waals surface area (Å²) in [5, 5.41) is 0.940. The lowest BCUT2D eigenvalue weighted by atomic mass is 9.95. The van der Waals surface area contributed by atoms with E-state index in [2.05, 4.69) is 29.9 Å². The maximum absolute atomic E-state index is 5.53. The van der Waals surface area contributed by atoms with E-state index in [1.54, 1.807) is 18.9 Å². The molecule has 0 saturated carbocycles. The van der Waals surface area contributed by atoms with E-state index in [1.165, 1.54) is 11.1 Å². The van der Waals surface area contributed by atoms with Gasteiger partial charge in [-0.15, -0.1) is 11.8 Å². The molecular weight excluding hydrogens is 268 g/mol. The van der Waals surface area contributed by atoms with Crippen molar-refractivity contribution >= 4 is 11.8 Å². The van der Waals surface area contributed by atoms with Crippen molar-refractivity contribution < 1.29 is 4.74 Å². The lowest BCUT2D eigenvalue weighted by Crippen LogP contribution is -2.05. The Labute approximate surface area is 124 Å². The van der Waals surface area contributed by atoms with Crippen molar-refractivity contribution in [1.82, 2.24) is 9.97 Å². The third kappa shape index (κ3) is 3.12. The van der Waals surface area contributed by atoms with Crippen molar-refractivity contribution in [3.05, 3.63) is 47.4 Å². The van der Waals surface area contributed by atoms with Crippen molar-refractivity contribution in [2.75, 3.05) is 13.4 Å². The van der Waals surface area contributed by atoms with Crippen molar-refractivity contribution in [1.29, 1.82) is 0 Å². The molecule has 1 atom stereocenters. The molecule has 0 radical (unpaired) electrons. The largest absolute Gasteiger partial charge is 0.494 e. The van der Waals surface area contributed by atoms with Crippen LogP contribution in [0.3, 0.4) is 0 Å². The van der Waals surface area contributed by atoms with Crippen LogP contribution < -0.4 is 4.74 Å². The van der Waals surface area contributed by atoms with Gasteiger partial charge in [0.1, 0.15) is 5.03 Å². The van der Waals surface area contributed by atoms with Gasteiger partial charge in [0.2, 0.25) is 0 Å². The van der Waals surface area contributed by atoms with E-state index in [-0.39, 0.29) is 0 Å². The highest BCUT2D eigenvalue weighted by Crippen LogP contribution is 2.32. The lowest BCUT2D eigenvalue weighted by molar-refractivity contribution is 0.394. The molecule has 3 nitrogen and oxygen atoms in total. The minimum absolute atomic E-state index is 0.349. The van der Waals surface area contributed by atoms with Crippen LogP contribution in [0.2, 0.25) is 0 Å². The van der Waals surface area contributed by atoms with Gasteiger partial charge in [-0.2, -0.15) is 0 Å². The molecule has 4 heteroatoms. The molecule has 0 saturated heterocycles. The van der Waals surface area contributed by atoms with Crippen LogP contribution in [0.4, 0.5) is 0 Å². The molecule has 0 aliphatic carbocycles. The van der Waals surface area contributed by atoms with Crippen molar-refractivity contribution in [2.24, 2.45) is 0 Å². The number of hydrogen-bond acceptors (Lipinski definition) is 4. The molecule has 0 fully saturated rings. The molecule has 0 spiro atoms. The minimum atomic E-state index is 0.349. The highest BCUT2D eigenvalue weighted by Gasteiger charge is 2.15. The summed E-state index contributed by atoms with van der Waals surface area (Å²) in [6.07, 6.45) is 6.62. The Morgan fingerprint density at radius 2 is 2.05 bits per heavy atom. The van der Waals surface area contributed by atoms with Crippen LogP contribution >= 0.6 is 11.8 Å². The zero-order valence-corrected chi connectivity index (χ0v) is 13.2. The predicted molar refractivity (Wildman–Crippen MR) is 83.7 cm³/mol. The van der Waals surface area contributed by atoms with Crippen LogP contribution in [0.15, 0.2) is 35.6 Å². The average molecular weight is 288 g/mol. The van der Waals surface area contributed by atoms with Gasteiger partial charge in [0, 0.05) is 24.0 Å². The summed E-state index contributed by atoms with van der Waals surface area (Å²) in [4.78, 5) is 8.86. The molecule has 0 amide bonds. The zero-order valence-electron chi connectivity index (χ0n) is 12.4. The second kappa shape index (κ2) is 6.75. The Hall–Kier alpha value is -1.55. The highest BCUT2D eigenvalue weighted by molar-refractivity contribution is 7.98. The Morgan fingerprint density at radius 1 is 1.25 bits per heavy atom. The predicted octanol–water partition coefficient (Wildman–Crippen LogP) is 3.86. The number of aryl methyl sites for hydroxylation is 1. The number of nitrogens with zero attached hydrogens (tertiary/aromatic N) is 2. The Morgan fingerprint density at radius 3 is 2.70 bits per heavy atom. The van der Waals surface area contributed by atoms with Gasteiger partial charge in [0.15, 0.2) is 5.75 Å². The van der Waals surface area contributed by atoms with Crippen molar-refractivity contribution in [3.8, 4) is 5.75 Å². The third-order valence-corrected chi connectivity index (χ3v) is 4.07. The average Bonchev–Trinajstić information content (AvgIpc) is 2.47. The zero-order chi connectivity index (χ0) is 14.5. The first-order chi connectivity index (χ1) is 9.67. The van der Waals surface area contributed by atoms with Gasteiger partial charge < -0.3 is 4.74 Å². The molecular formula is C16H20N2OS. The van der Waals surface area contributed by atoms with E-state index in [0.29, 0.717) is 5.92 Å². The summed E-state index contributed by atoms with van der Waals surface area (Å²) in [6, 6.07) is 6.12. The highest BCUT2D eigenvalue weighted by atomic mass is 32.2. The summed E-state index contributed by atoms with van der Waals surface area (Å²) >= 11 is 1.61. The van der Waals surface area contributed by atoms with Gasteiger partial charge in [-0.3, -0.25) is 4.98 Å². The molecule has 2 rings (SSSR count). The molecule has 1 unspecified atom stereocenters. The minimum Gasteiger partial charge on any atom is -0.494 e. The van der Waals surface area contributed by atoms with Crippen LogP contribution in [-0.4, -0.2) is 23.3 Å². The van der Waals surface area contributed by atoms with Crippen LogP contribution in [0.1, 0.15) is 29.7 Å². The fourth-order valence-electron chi connectivity index (χ4n) is 2.43. The second-order valence-corrected chi connectivity index (χ2v) is 5.62. The lowest BCUT2D eigenvalue weighted by Gasteiger charge is -2.16. The monoisotopic (exact) mass is 288 g/mol. The number of ether oxygens (including phenoxy) is 1. The van der Waals surface area contributed by atoms with Crippen LogP contribution in [0.5, 0.6) is 5.75 Å². The molecule has 0 aliphatic heterocycles. The third-order valence-electron chi connectivity index (χ3n) is 3.39. The molecule has 2 aromatic rings. The van der Waals surface area contributed by atoms with E-state index in [9.17, 15) is 0 Å². The van der Waals surface area contributed by atoms with Gasteiger partial charge in [-0.25, -0.2) is 4.98 Å². The molecule has 2 heterocycles. The molecule has 106 valence electrons. The SMILES string of the molecule is COc1c(CC(C)c2ncccc2C)ccnc1SC. The van der Waals surface area contributed by atoms with Gasteiger partial charge in [0.05, 0.1) is 7.11 Å². The first-order valence-corrected chi connectivity index (χ1v) is 7.87. The van der Waals surface area contributed by atoms with Gasteiger partial charge in [-0.05, 0) is 42.9 Å². The number of methoxy groups -OCH3 is 1. The van der Waals surface area contributed by atoms with E-state index in [0.717, 1.165) is 22.9 Å². The molecule has 0 N–H and O–H groups in total. The van der Waals surface area contributed by atoms with E-state index in [1.807, 2.05) is 30.8 Å². The van der Waals surface area contributed by atoms with Crippen molar-refractivity contribution in [2.45, 2.75) is 31.2 Å². The first kappa shape index (κ1) is 14.9. The summed E-state index contributed by atoms with van der Waals surface area (Å²) in [7, 11) is 1.71. The Bertz CT molecular complexity index is 586. The van der Waals surface area contributed by atoms with Crippen LogP contribution in [-0.2, 0) is 6.42 Å². The number of thioether (sulfide) groups is 1. The number of rotatable bonds is 5. The molecule has 0 bridgehead atoms. The molecule has 20 heavy (non-hydrogen) atoms. The number of aromatic nitrogens is 2. The molecule has 2 aromatic heterocycles. The molecule has 0 aromatic carbocycles. The topological polar surface area (TPSA) is 35.0 Å². The maximum Gasteiger partial charge on any atom is 0.154 e. The van der Waals surface area contributed by atoms with Crippen LogP contribution in [0.25, 0.3) is 0 Å². The quantitative estimate of drug-likeness (QED) is 0.783. The normalized spacial score (nSPS) is 12.2. The summed E-state index contributed by atoms with van der Waals surface area (Å²) < 4.78 is 5.53. The summed E-state index contributed by atoms with van der Waals surface area (Å²) in [6.45, 7) is 4.31. The molecule has 0 aliphatic rings. The number of pyridine rings is 2. The fourth-order valence-corrected chi connectivity index (χ4v) is 3.00. The van der Waals surface area contributed by atoms with E-state index >= 15 is 0 Å².